The van der Waals surface area contributed by atoms with Crippen LogP contribution in [0.4, 0.5) is 0 Å². The molecule has 0 aromatic rings. The van der Waals surface area contributed by atoms with E-state index in [1.807, 2.05) is 20.8 Å². The quantitative estimate of drug-likeness (QED) is 0.261. The van der Waals surface area contributed by atoms with Gasteiger partial charge in [-0.3, -0.25) is 0 Å². The Labute approximate surface area is 434 Å². The van der Waals surface area contributed by atoms with Crippen molar-refractivity contribution in [1.82, 2.24) is 0 Å². The molecule has 0 amide bonds. The van der Waals surface area contributed by atoms with E-state index >= 15 is 0 Å². The SMILES string of the molecule is CC(C)C1=CC2=CC[C@@H]3[C@](C)(CCC[C@@]3(C)C(=O)[O-])[C@H]2CC1.CC(C)C1=CC2=CC[C@@H]3[C@](C)(CCC[C@@]3(C)C(=O)[O-])[C@H]2CC1.CC(C)C1=CC2=CC[C@@H]3[C@](C)(CCC[C@@]3(C)C(=O)[O-])[C@H]2CC1.[La+3]. The fraction of sp³-hybridized carbons (Fsp3) is 0.750. The maximum atomic E-state index is 11.8. The molecule has 7 heteroatoms. The number of hydrogen-bond donors (Lipinski definition) is 0. The molecule has 67 heavy (non-hydrogen) atoms. The van der Waals surface area contributed by atoms with Crippen molar-refractivity contribution in [2.75, 3.05) is 0 Å². The molecule has 3 saturated carbocycles. The van der Waals surface area contributed by atoms with Gasteiger partial charge in [-0.05, 0) is 183 Å². The van der Waals surface area contributed by atoms with Crippen molar-refractivity contribution < 1.29 is 65.3 Å². The van der Waals surface area contributed by atoms with Crippen LogP contribution in [-0.4, -0.2) is 17.9 Å². The Balaban J connectivity index is 0.000000165. The average Bonchev–Trinajstić information content (AvgIpc) is 3.26. The van der Waals surface area contributed by atoms with Gasteiger partial charge in [-0.15, -0.1) is 0 Å². The van der Waals surface area contributed by atoms with E-state index in [9.17, 15) is 29.7 Å². The van der Waals surface area contributed by atoms with Gasteiger partial charge in [0.1, 0.15) is 0 Å². The Hall–Kier alpha value is -1.96. The van der Waals surface area contributed by atoms with Crippen LogP contribution in [0.2, 0.25) is 0 Å². The smallest absolute Gasteiger partial charge is 0.550 e. The number of aliphatic carboxylic acids is 3. The Morgan fingerprint density at radius 3 is 0.896 bits per heavy atom. The second-order valence-electron chi connectivity index (χ2n) is 25.6. The summed E-state index contributed by atoms with van der Waals surface area (Å²) in [7, 11) is 0. The van der Waals surface area contributed by atoms with Gasteiger partial charge in [-0.25, -0.2) is 0 Å². The Kier molecular flexibility index (Phi) is 16.5. The van der Waals surface area contributed by atoms with E-state index in [2.05, 4.69) is 98.8 Å². The van der Waals surface area contributed by atoms with Crippen molar-refractivity contribution in [3.63, 3.8) is 0 Å². The Morgan fingerprint density at radius 2 is 0.687 bits per heavy atom. The Morgan fingerprint density at radius 1 is 0.448 bits per heavy atom. The first kappa shape index (κ1) is 54.4. The first-order valence-electron chi connectivity index (χ1n) is 26.7. The topological polar surface area (TPSA) is 120 Å². The van der Waals surface area contributed by atoms with Crippen LogP contribution in [0.25, 0.3) is 0 Å². The Bertz CT molecular complexity index is 1870. The zero-order chi connectivity index (χ0) is 48.4. The number of hydrogen-bond acceptors (Lipinski definition) is 6. The van der Waals surface area contributed by atoms with Crippen molar-refractivity contribution in [2.24, 2.45) is 85.8 Å². The number of carboxylic acids is 3. The molecule has 0 aromatic heterocycles. The molecule has 9 aliphatic carbocycles. The molecule has 0 bridgehead atoms. The molecule has 0 N–H and O–H groups in total. The number of allylic oxidation sites excluding steroid dienone is 12. The maximum absolute atomic E-state index is 11.8. The molecule has 366 valence electrons. The minimum Gasteiger partial charge on any atom is -0.550 e. The predicted molar refractivity (Wildman–Crippen MR) is 261 cm³/mol. The number of fused-ring (bicyclic) bond motifs is 9. The molecule has 0 spiro atoms. The van der Waals surface area contributed by atoms with E-state index in [-0.39, 0.29) is 69.6 Å². The molecule has 6 nitrogen and oxygen atoms in total. The monoisotopic (exact) mass is 1040 g/mol. The van der Waals surface area contributed by atoms with Crippen molar-refractivity contribution in [2.45, 2.75) is 199 Å². The molecule has 9 aliphatic rings. The van der Waals surface area contributed by atoms with E-state index in [1.165, 1.54) is 55.2 Å². The molecule has 3 fully saturated rings. The van der Waals surface area contributed by atoms with Crippen LogP contribution in [-0.2, 0) is 14.4 Å². The molecular formula is C60H87LaO6. The fourth-order valence-electron chi connectivity index (χ4n) is 16.8. The standard InChI is InChI=1S/3C20H30O2.La/c3*1-13(2)14-6-8-16-15(12-14)7-9-17-19(16,3)10-5-11-20(17,4)18(21)22;/h3*7,12-13,16-17H,5-6,8-11H2,1-4H3,(H,21,22);/q;;;+3/p-3/t3*16-,17+,19+,20+;/m000./s1. The number of rotatable bonds is 6. The molecule has 0 aromatic carbocycles. The van der Waals surface area contributed by atoms with Gasteiger partial charge in [0.25, 0.3) is 0 Å². The summed E-state index contributed by atoms with van der Waals surface area (Å²) in [5.74, 6) is 1.61. The first-order valence-corrected chi connectivity index (χ1v) is 26.7. The van der Waals surface area contributed by atoms with Gasteiger partial charge in [0.15, 0.2) is 0 Å². The van der Waals surface area contributed by atoms with Crippen LogP contribution in [0.5, 0.6) is 0 Å². The van der Waals surface area contributed by atoms with E-state index in [1.54, 1.807) is 16.7 Å². The van der Waals surface area contributed by atoms with Crippen molar-refractivity contribution >= 4 is 17.9 Å². The molecule has 0 unspecified atom stereocenters. The van der Waals surface area contributed by atoms with Gasteiger partial charge in [-0.2, -0.15) is 0 Å². The molecule has 9 rings (SSSR count). The molecule has 12 atom stereocenters. The molecule has 0 saturated heterocycles. The van der Waals surface area contributed by atoms with Crippen molar-refractivity contribution in [1.29, 1.82) is 0 Å². The summed E-state index contributed by atoms with van der Waals surface area (Å²) in [6.45, 7) is 26.5. The zero-order valence-electron chi connectivity index (χ0n) is 43.9. The summed E-state index contributed by atoms with van der Waals surface area (Å²) in [6, 6.07) is 0. The summed E-state index contributed by atoms with van der Waals surface area (Å²) < 4.78 is 0. The van der Waals surface area contributed by atoms with E-state index in [4.69, 9.17) is 0 Å². The third-order valence-electron chi connectivity index (χ3n) is 21.1. The molecule has 0 radical (unpaired) electrons. The van der Waals surface area contributed by atoms with E-state index in [0.29, 0.717) is 35.5 Å². The van der Waals surface area contributed by atoms with E-state index < -0.39 is 34.2 Å². The molecule has 0 aliphatic heterocycles. The minimum absolute atomic E-state index is 0. The minimum atomic E-state index is -0.838. The second kappa shape index (κ2) is 20.3. The van der Waals surface area contributed by atoms with Gasteiger partial charge in [-0.1, -0.05) is 156 Å². The predicted octanol–water partition coefficient (Wildman–Crippen LogP) is 11.6. The number of carboxylic acid groups (broad SMARTS) is 3. The summed E-state index contributed by atoms with van der Waals surface area (Å²) >= 11 is 0. The van der Waals surface area contributed by atoms with Gasteiger partial charge in [0, 0.05) is 34.2 Å². The second-order valence-corrected chi connectivity index (χ2v) is 25.6. The summed E-state index contributed by atoms with van der Waals surface area (Å²) in [4.78, 5) is 35.5. The van der Waals surface area contributed by atoms with Crippen LogP contribution in [0.1, 0.15) is 199 Å². The third-order valence-corrected chi connectivity index (χ3v) is 21.1. The van der Waals surface area contributed by atoms with Crippen molar-refractivity contribution in [3.8, 4) is 0 Å². The fourth-order valence-corrected chi connectivity index (χ4v) is 16.8. The van der Waals surface area contributed by atoms with Crippen LogP contribution in [0, 0.1) is 121 Å². The van der Waals surface area contributed by atoms with Crippen LogP contribution >= 0.6 is 0 Å². The first-order chi connectivity index (χ1) is 30.9. The summed E-state index contributed by atoms with van der Waals surface area (Å²) in [6.07, 6.45) is 32.9. The zero-order valence-corrected chi connectivity index (χ0v) is 47.5. The van der Waals surface area contributed by atoms with E-state index in [0.717, 1.165) is 77.0 Å². The van der Waals surface area contributed by atoms with Crippen LogP contribution in [0.15, 0.2) is 69.9 Å². The normalized spacial score (nSPS) is 40.7. The van der Waals surface area contributed by atoms with Gasteiger partial charge < -0.3 is 29.7 Å². The molecular weight excluding hydrogens is 956 g/mol. The molecule has 0 heterocycles. The van der Waals surface area contributed by atoms with Gasteiger partial charge >= 0.3 is 35.6 Å². The van der Waals surface area contributed by atoms with Gasteiger partial charge in [0.05, 0.1) is 0 Å². The average molecular weight is 1040 g/mol. The van der Waals surface area contributed by atoms with Gasteiger partial charge in [0.2, 0.25) is 0 Å². The summed E-state index contributed by atoms with van der Waals surface area (Å²) in [5, 5.41) is 35.5. The number of carbonyl (C=O) groups is 3. The van der Waals surface area contributed by atoms with Crippen LogP contribution < -0.4 is 15.3 Å². The third kappa shape index (κ3) is 9.63. The summed E-state index contributed by atoms with van der Waals surface area (Å²) in [5.41, 5.74) is 7.52. The van der Waals surface area contributed by atoms with Crippen molar-refractivity contribution in [3.05, 3.63) is 69.9 Å². The largest absolute Gasteiger partial charge is 3.00 e. The number of carbonyl (C=O) groups excluding carboxylic acids is 3. The van der Waals surface area contributed by atoms with Crippen LogP contribution in [0.3, 0.4) is 0 Å². The maximum Gasteiger partial charge on any atom is 3.00 e.